The van der Waals surface area contributed by atoms with Crippen molar-refractivity contribution in [1.82, 2.24) is 14.9 Å². The van der Waals surface area contributed by atoms with Gasteiger partial charge in [0.2, 0.25) is 5.91 Å². The maximum atomic E-state index is 12.2. The number of H-pyrrole nitrogens is 1. The largest absolute Gasteiger partial charge is 0.354 e. The van der Waals surface area contributed by atoms with Crippen molar-refractivity contribution < 1.29 is 4.79 Å². The number of thiophene rings is 1. The van der Waals surface area contributed by atoms with E-state index < -0.39 is 11.2 Å². The Balaban J connectivity index is 1.66. The molecule has 0 aliphatic heterocycles. The molecule has 0 saturated heterocycles. The van der Waals surface area contributed by atoms with Gasteiger partial charge in [0.1, 0.15) is 11.2 Å². The molecule has 0 saturated carbocycles. The molecule has 6 nitrogen and oxygen atoms in total. The number of hydrogen-bond donors (Lipinski definition) is 2. The van der Waals surface area contributed by atoms with Crippen LogP contribution in [0.15, 0.2) is 51.4 Å². The number of aromatic nitrogens is 2. The summed E-state index contributed by atoms with van der Waals surface area (Å²) >= 11 is 1.24. The Hall–Kier alpha value is -2.67. The highest BCUT2D eigenvalue weighted by molar-refractivity contribution is 7.17. The van der Waals surface area contributed by atoms with Crippen LogP contribution >= 0.6 is 11.3 Å². The summed E-state index contributed by atoms with van der Waals surface area (Å²) in [6.45, 7) is 0.174. The summed E-state index contributed by atoms with van der Waals surface area (Å²) in [5, 5.41) is 4.46. The molecule has 0 spiro atoms. The van der Waals surface area contributed by atoms with Crippen LogP contribution in [0.2, 0.25) is 0 Å². The average molecular weight is 329 g/mol. The highest BCUT2D eigenvalue weighted by atomic mass is 32.1. The highest BCUT2D eigenvalue weighted by Gasteiger charge is 2.11. The van der Waals surface area contributed by atoms with Crippen molar-refractivity contribution in [3.63, 3.8) is 0 Å². The molecule has 2 N–H and O–H groups in total. The summed E-state index contributed by atoms with van der Waals surface area (Å²) < 4.78 is 1.37. The molecule has 3 aromatic rings. The average Bonchev–Trinajstić information content (AvgIpc) is 3.01. The maximum Gasteiger partial charge on any atom is 0.329 e. The van der Waals surface area contributed by atoms with Crippen molar-refractivity contribution in [1.29, 1.82) is 0 Å². The summed E-state index contributed by atoms with van der Waals surface area (Å²) in [5.74, 6) is -0.357. The zero-order valence-corrected chi connectivity index (χ0v) is 13.1. The van der Waals surface area contributed by atoms with E-state index in [4.69, 9.17) is 0 Å². The third-order valence-electron chi connectivity index (χ3n) is 3.47. The van der Waals surface area contributed by atoms with Crippen molar-refractivity contribution in [3.05, 3.63) is 68.2 Å². The second-order valence-corrected chi connectivity index (χ2v) is 5.99. The standard InChI is InChI=1S/C16H15N3O3S/c20-13(17-8-6-11-4-2-1-3-5-11)10-19-15(21)14-12(7-9-23-14)18-16(19)22/h1-5,7,9H,6,8,10H2,(H,17,20)(H,18,22). The Bertz CT molecular complexity index is 940. The molecule has 2 heterocycles. The van der Waals surface area contributed by atoms with Crippen LogP contribution in [0.1, 0.15) is 5.56 Å². The zero-order valence-electron chi connectivity index (χ0n) is 12.2. The summed E-state index contributed by atoms with van der Waals surface area (Å²) in [7, 11) is 0. The van der Waals surface area contributed by atoms with Crippen LogP contribution in [-0.2, 0) is 17.8 Å². The van der Waals surface area contributed by atoms with Gasteiger partial charge in [-0.2, -0.15) is 0 Å². The van der Waals surface area contributed by atoms with E-state index in [1.54, 1.807) is 11.4 Å². The Morgan fingerprint density at radius 1 is 1.17 bits per heavy atom. The van der Waals surface area contributed by atoms with Crippen LogP contribution in [0.5, 0.6) is 0 Å². The Labute approximate surface area is 135 Å². The van der Waals surface area contributed by atoms with E-state index in [1.807, 2.05) is 30.3 Å². The molecule has 0 atom stereocenters. The van der Waals surface area contributed by atoms with Crippen LogP contribution < -0.4 is 16.6 Å². The highest BCUT2D eigenvalue weighted by Crippen LogP contribution is 2.11. The molecule has 1 aromatic carbocycles. The number of nitrogens with zero attached hydrogens (tertiary/aromatic N) is 1. The topological polar surface area (TPSA) is 84.0 Å². The lowest BCUT2D eigenvalue weighted by atomic mass is 10.1. The number of fused-ring (bicyclic) bond motifs is 1. The summed E-state index contributed by atoms with van der Waals surface area (Å²) in [5.41, 5.74) is 0.615. The van der Waals surface area contributed by atoms with Crippen molar-refractivity contribution in [2.24, 2.45) is 0 Å². The number of benzene rings is 1. The lowest BCUT2D eigenvalue weighted by Gasteiger charge is -2.07. The summed E-state index contributed by atoms with van der Waals surface area (Å²) in [6.07, 6.45) is 0.696. The van der Waals surface area contributed by atoms with Gasteiger partial charge in [0, 0.05) is 6.54 Å². The first-order chi connectivity index (χ1) is 11.1. The van der Waals surface area contributed by atoms with Gasteiger partial charge in [0.05, 0.1) is 5.52 Å². The molecule has 0 radical (unpaired) electrons. The molecule has 0 unspecified atom stereocenters. The van der Waals surface area contributed by atoms with Crippen LogP contribution in [-0.4, -0.2) is 22.0 Å². The lowest BCUT2D eigenvalue weighted by Crippen LogP contribution is -2.40. The van der Waals surface area contributed by atoms with Gasteiger partial charge in [-0.15, -0.1) is 11.3 Å². The number of aromatic amines is 1. The monoisotopic (exact) mass is 329 g/mol. The first-order valence-electron chi connectivity index (χ1n) is 7.16. The Kier molecular flexibility index (Phi) is 4.38. The van der Waals surface area contributed by atoms with E-state index >= 15 is 0 Å². The molecule has 2 aromatic heterocycles. The SMILES string of the molecule is O=C(Cn1c(=O)[nH]c2ccsc2c1=O)NCCc1ccccc1. The second kappa shape index (κ2) is 6.62. The van der Waals surface area contributed by atoms with E-state index in [1.165, 1.54) is 11.3 Å². The van der Waals surface area contributed by atoms with Gasteiger partial charge in [0.15, 0.2) is 0 Å². The fourth-order valence-corrected chi connectivity index (χ4v) is 3.10. The van der Waals surface area contributed by atoms with Crippen molar-refractivity contribution in [3.8, 4) is 0 Å². The summed E-state index contributed by atoms with van der Waals surface area (Å²) in [4.78, 5) is 38.7. The number of carbonyl (C=O) groups excluding carboxylic acids is 1. The molecule has 1 amide bonds. The number of rotatable bonds is 5. The molecule has 3 rings (SSSR count). The number of nitrogens with one attached hydrogen (secondary N) is 2. The molecule has 23 heavy (non-hydrogen) atoms. The number of hydrogen-bond acceptors (Lipinski definition) is 4. The fourth-order valence-electron chi connectivity index (χ4n) is 2.30. The molecule has 0 bridgehead atoms. The molecule has 0 aliphatic carbocycles. The molecule has 0 aliphatic rings. The minimum atomic E-state index is -0.570. The van der Waals surface area contributed by atoms with Gasteiger partial charge in [0.25, 0.3) is 5.56 Å². The van der Waals surface area contributed by atoms with Gasteiger partial charge < -0.3 is 10.3 Å². The smallest absolute Gasteiger partial charge is 0.329 e. The number of amides is 1. The van der Waals surface area contributed by atoms with Crippen molar-refractivity contribution >= 4 is 27.5 Å². The van der Waals surface area contributed by atoms with Gasteiger partial charge in [-0.3, -0.25) is 9.59 Å². The van der Waals surface area contributed by atoms with Gasteiger partial charge in [-0.25, -0.2) is 9.36 Å². The first kappa shape index (κ1) is 15.2. The third kappa shape index (κ3) is 3.40. The summed E-state index contributed by atoms with van der Waals surface area (Å²) in [6, 6.07) is 11.4. The zero-order chi connectivity index (χ0) is 16.2. The second-order valence-electron chi connectivity index (χ2n) is 5.07. The normalized spacial score (nSPS) is 10.8. The number of carbonyl (C=O) groups is 1. The quantitative estimate of drug-likeness (QED) is 0.735. The van der Waals surface area contributed by atoms with E-state index in [9.17, 15) is 14.4 Å². The van der Waals surface area contributed by atoms with Gasteiger partial charge >= 0.3 is 5.69 Å². The molecule has 118 valence electrons. The Morgan fingerprint density at radius 2 is 1.96 bits per heavy atom. The van der Waals surface area contributed by atoms with Crippen molar-refractivity contribution in [2.45, 2.75) is 13.0 Å². The van der Waals surface area contributed by atoms with Gasteiger partial charge in [-0.05, 0) is 23.4 Å². The fraction of sp³-hybridized carbons (Fsp3) is 0.188. The van der Waals surface area contributed by atoms with Crippen molar-refractivity contribution in [2.75, 3.05) is 6.54 Å². The first-order valence-corrected chi connectivity index (χ1v) is 8.04. The van der Waals surface area contributed by atoms with Crippen LogP contribution in [0, 0.1) is 0 Å². The van der Waals surface area contributed by atoms with Crippen LogP contribution in [0.4, 0.5) is 0 Å². The van der Waals surface area contributed by atoms with E-state index in [0.29, 0.717) is 23.2 Å². The molecular formula is C16H15N3O3S. The third-order valence-corrected chi connectivity index (χ3v) is 4.37. The van der Waals surface area contributed by atoms with Crippen LogP contribution in [0.25, 0.3) is 10.2 Å². The van der Waals surface area contributed by atoms with E-state index in [-0.39, 0.29) is 12.5 Å². The minimum absolute atomic E-state index is 0.281. The predicted octanol–water partition coefficient (Wildman–Crippen LogP) is 1.11. The Morgan fingerprint density at radius 3 is 2.74 bits per heavy atom. The predicted molar refractivity (Wildman–Crippen MR) is 89.9 cm³/mol. The molecule has 0 fully saturated rings. The molecule has 7 heteroatoms. The van der Waals surface area contributed by atoms with E-state index in [0.717, 1.165) is 10.1 Å². The minimum Gasteiger partial charge on any atom is -0.354 e. The van der Waals surface area contributed by atoms with Crippen LogP contribution in [0.3, 0.4) is 0 Å². The molecular weight excluding hydrogens is 314 g/mol. The maximum absolute atomic E-state index is 12.2. The van der Waals surface area contributed by atoms with Gasteiger partial charge in [-0.1, -0.05) is 30.3 Å². The lowest BCUT2D eigenvalue weighted by molar-refractivity contribution is -0.121. The van der Waals surface area contributed by atoms with E-state index in [2.05, 4.69) is 10.3 Å².